The van der Waals surface area contributed by atoms with E-state index in [9.17, 15) is 4.79 Å². The maximum Gasteiger partial charge on any atom is 0.354 e. The van der Waals surface area contributed by atoms with E-state index in [1.807, 2.05) is 48.5 Å². The Morgan fingerprint density at radius 3 is 2.65 bits per heavy atom. The highest BCUT2D eigenvalue weighted by molar-refractivity contribution is 9.10. The van der Waals surface area contributed by atoms with Gasteiger partial charge in [0.05, 0.1) is 12.3 Å². The number of rotatable bonds is 3. The summed E-state index contributed by atoms with van der Waals surface area (Å²) in [5.74, 6) is 0.218. The number of aliphatic imine (C=N–C) groups is 1. The number of para-hydroxylation sites is 1. The molecule has 0 atom stereocenters. The van der Waals surface area contributed by atoms with Crippen LogP contribution in [0.3, 0.4) is 0 Å². The van der Waals surface area contributed by atoms with E-state index >= 15 is 0 Å². The molecule has 0 unspecified atom stereocenters. The summed E-state index contributed by atoms with van der Waals surface area (Å²) >= 11 is 3.42. The molecule has 2 aromatic carbocycles. The van der Waals surface area contributed by atoms with Gasteiger partial charge in [0.25, 0.3) is 0 Å². The fourth-order valence-electron chi connectivity index (χ4n) is 2.24. The number of fused-ring (bicyclic) bond motifs is 1. The molecule has 1 heterocycles. The summed E-state index contributed by atoms with van der Waals surface area (Å²) in [5, 5.41) is 3.10. The van der Waals surface area contributed by atoms with Gasteiger partial charge in [-0.05, 0) is 31.2 Å². The summed E-state index contributed by atoms with van der Waals surface area (Å²) in [5.41, 5.74) is 2.94. The van der Waals surface area contributed by atoms with Crippen LogP contribution in [-0.4, -0.2) is 18.4 Å². The molecule has 0 bridgehead atoms. The number of nitrogens with zero attached hydrogens (tertiary/aromatic N) is 1. The summed E-state index contributed by atoms with van der Waals surface area (Å²) in [4.78, 5) is 16.8. The van der Waals surface area contributed by atoms with Gasteiger partial charge < -0.3 is 10.1 Å². The van der Waals surface area contributed by atoms with Crippen LogP contribution in [0.15, 0.2) is 63.7 Å². The smallest absolute Gasteiger partial charge is 0.354 e. The minimum atomic E-state index is -0.394. The van der Waals surface area contributed by atoms with Crippen molar-refractivity contribution in [3.8, 4) is 0 Å². The molecule has 3 rings (SSSR count). The number of hydrogen-bond donors (Lipinski definition) is 1. The highest BCUT2D eigenvalue weighted by Crippen LogP contribution is 2.25. The number of benzene rings is 2. The van der Waals surface area contributed by atoms with E-state index in [4.69, 9.17) is 4.74 Å². The van der Waals surface area contributed by atoms with Crippen molar-refractivity contribution in [2.45, 2.75) is 6.92 Å². The zero-order valence-electron chi connectivity index (χ0n) is 12.5. The second-order valence-electron chi connectivity index (χ2n) is 4.93. The average molecular weight is 371 g/mol. The lowest BCUT2D eigenvalue weighted by Crippen LogP contribution is -2.28. The Bertz CT molecular complexity index is 795. The molecule has 23 heavy (non-hydrogen) atoms. The van der Waals surface area contributed by atoms with E-state index < -0.39 is 5.97 Å². The monoisotopic (exact) mass is 370 g/mol. The molecule has 0 aliphatic carbocycles. The molecule has 0 spiro atoms. The van der Waals surface area contributed by atoms with Gasteiger partial charge in [0.2, 0.25) is 0 Å². The highest BCUT2D eigenvalue weighted by Gasteiger charge is 2.18. The molecule has 116 valence electrons. The largest absolute Gasteiger partial charge is 0.461 e. The third-order valence-corrected chi connectivity index (χ3v) is 3.86. The normalized spacial score (nSPS) is 13.1. The standard InChI is InChI=1S/C18H15BrN2O2/c1-2-23-18(22)16-11-13-5-3-4-6-15(13)20-17(21-16)12-7-9-14(19)10-8-12/h3-11H,2H2,1H3,(H,20,21). The van der Waals surface area contributed by atoms with Crippen molar-refractivity contribution in [1.82, 2.24) is 5.32 Å². The highest BCUT2D eigenvalue weighted by atomic mass is 79.9. The minimum Gasteiger partial charge on any atom is -0.461 e. The molecule has 0 amide bonds. The Morgan fingerprint density at radius 1 is 1.17 bits per heavy atom. The number of nitrogens with one attached hydrogen (secondary N) is 1. The molecule has 0 aromatic heterocycles. The molecule has 1 N–H and O–H groups in total. The van der Waals surface area contributed by atoms with E-state index in [0.717, 1.165) is 21.3 Å². The Morgan fingerprint density at radius 2 is 1.91 bits per heavy atom. The SMILES string of the molecule is CCOC(=O)C1=Cc2ccccc2N=C(c2ccc(Br)cc2)N1. The lowest BCUT2D eigenvalue weighted by atomic mass is 10.1. The van der Waals surface area contributed by atoms with E-state index in [1.54, 1.807) is 13.0 Å². The summed E-state index contributed by atoms with van der Waals surface area (Å²) in [7, 11) is 0. The van der Waals surface area contributed by atoms with Crippen molar-refractivity contribution in [3.05, 3.63) is 69.8 Å². The van der Waals surface area contributed by atoms with Crippen molar-refractivity contribution < 1.29 is 9.53 Å². The van der Waals surface area contributed by atoms with Crippen LogP contribution in [0.4, 0.5) is 5.69 Å². The van der Waals surface area contributed by atoms with E-state index in [1.165, 1.54) is 0 Å². The van der Waals surface area contributed by atoms with Gasteiger partial charge in [0.1, 0.15) is 11.5 Å². The van der Waals surface area contributed by atoms with Crippen molar-refractivity contribution in [2.75, 3.05) is 6.61 Å². The number of carbonyl (C=O) groups is 1. The van der Waals surface area contributed by atoms with Crippen molar-refractivity contribution in [2.24, 2.45) is 4.99 Å². The van der Waals surface area contributed by atoms with Crippen LogP contribution in [-0.2, 0) is 9.53 Å². The molecular weight excluding hydrogens is 356 g/mol. The van der Waals surface area contributed by atoms with Crippen molar-refractivity contribution in [1.29, 1.82) is 0 Å². The minimum absolute atomic E-state index is 0.324. The predicted octanol–water partition coefficient (Wildman–Crippen LogP) is 4.03. The summed E-state index contributed by atoms with van der Waals surface area (Å²) < 4.78 is 6.11. The molecular formula is C18H15BrN2O2. The molecule has 1 aliphatic rings. The van der Waals surface area contributed by atoms with E-state index in [-0.39, 0.29) is 0 Å². The lowest BCUT2D eigenvalue weighted by molar-refractivity contribution is -0.138. The van der Waals surface area contributed by atoms with Gasteiger partial charge >= 0.3 is 5.97 Å². The third kappa shape index (κ3) is 3.51. The topological polar surface area (TPSA) is 50.7 Å². The first-order chi connectivity index (χ1) is 11.2. The fourth-order valence-corrected chi connectivity index (χ4v) is 2.51. The summed E-state index contributed by atoms with van der Waals surface area (Å²) in [6, 6.07) is 15.4. The Kier molecular flexibility index (Phi) is 4.57. The van der Waals surface area contributed by atoms with E-state index in [0.29, 0.717) is 18.1 Å². The molecule has 1 aliphatic heterocycles. The number of esters is 1. The van der Waals surface area contributed by atoms with Crippen LogP contribution >= 0.6 is 15.9 Å². The van der Waals surface area contributed by atoms with Crippen LogP contribution in [0.5, 0.6) is 0 Å². The maximum absolute atomic E-state index is 12.2. The number of ether oxygens (including phenoxy) is 1. The van der Waals surface area contributed by atoms with Crippen LogP contribution in [0.2, 0.25) is 0 Å². The second-order valence-corrected chi connectivity index (χ2v) is 5.85. The molecule has 2 aromatic rings. The molecule has 0 saturated carbocycles. The quantitative estimate of drug-likeness (QED) is 0.829. The molecule has 4 nitrogen and oxygen atoms in total. The van der Waals surface area contributed by atoms with Crippen molar-refractivity contribution >= 4 is 39.5 Å². The second kappa shape index (κ2) is 6.79. The molecule has 5 heteroatoms. The van der Waals surface area contributed by atoms with Crippen LogP contribution < -0.4 is 5.32 Å². The van der Waals surface area contributed by atoms with Gasteiger partial charge in [0.15, 0.2) is 0 Å². The van der Waals surface area contributed by atoms with Crippen LogP contribution in [0, 0.1) is 0 Å². The number of carbonyl (C=O) groups excluding carboxylic acids is 1. The first kappa shape index (κ1) is 15.5. The van der Waals surface area contributed by atoms with Gasteiger partial charge in [-0.1, -0.05) is 46.3 Å². The molecule has 0 fully saturated rings. The van der Waals surface area contributed by atoms with Crippen LogP contribution in [0.1, 0.15) is 18.1 Å². The van der Waals surface area contributed by atoms with Crippen LogP contribution in [0.25, 0.3) is 6.08 Å². The van der Waals surface area contributed by atoms with E-state index in [2.05, 4.69) is 26.2 Å². The Labute approximate surface area is 143 Å². The zero-order valence-corrected chi connectivity index (χ0v) is 14.1. The Hall–Kier alpha value is -2.40. The van der Waals surface area contributed by atoms with Gasteiger partial charge in [-0.2, -0.15) is 0 Å². The average Bonchev–Trinajstić information content (AvgIpc) is 2.75. The summed E-state index contributed by atoms with van der Waals surface area (Å²) in [6.45, 7) is 2.11. The van der Waals surface area contributed by atoms with Crippen molar-refractivity contribution in [3.63, 3.8) is 0 Å². The summed E-state index contributed by atoms with van der Waals surface area (Å²) in [6.07, 6.45) is 1.77. The first-order valence-corrected chi connectivity index (χ1v) is 8.06. The zero-order chi connectivity index (χ0) is 16.2. The lowest BCUT2D eigenvalue weighted by Gasteiger charge is -2.11. The van der Waals surface area contributed by atoms with Gasteiger partial charge in [-0.15, -0.1) is 0 Å². The molecule has 0 saturated heterocycles. The van der Waals surface area contributed by atoms with Gasteiger partial charge in [-0.25, -0.2) is 9.79 Å². The first-order valence-electron chi connectivity index (χ1n) is 7.27. The number of amidine groups is 1. The predicted molar refractivity (Wildman–Crippen MR) is 94.5 cm³/mol. The third-order valence-electron chi connectivity index (χ3n) is 3.33. The Balaban J connectivity index is 2.07. The maximum atomic E-state index is 12.2. The molecule has 0 radical (unpaired) electrons. The number of hydrogen-bond acceptors (Lipinski definition) is 4. The van der Waals surface area contributed by atoms with Gasteiger partial charge in [-0.3, -0.25) is 0 Å². The fraction of sp³-hybridized carbons (Fsp3) is 0.111. The van der Waals surface area contributed by atoms with Gasteiger partial charge in [0, 0.05) is 15.6 Å². The number of halogens is 1.